The average Bonchev–Trinajstić information content (AvgIpc) is 2.69. The van der Waals surface area contributed by atoms with Crippen LogP contribution in [0.15, 0.2) is 67.4 Å². The number of esters is 1. The molecule has 2 aromatic carbocycles. The van der Waals surface area contributed by atoms with E-state index < -0.39 is 5.97 Å². The number of carbonyl (C=O) groups is 1. The van der Waals surface area contributed by atoms with Crippen LogP contribution in [-0.2, 0) is 20.9 Å². The molecule has 0 N–H and O–H groups in total. The highest BCUT2D eigenvalue weighted by molar-refractivity contribution is 6.16. The molecule has 0 bridgehead atoms. The van der Waals surface area contributed by atoms with Gasteiger partial charge in [0.1, 0.15) is 30.3 Å². The van der Waals surface area contributed by atoms with Crippen molar-refractivity contribution in [1.29, 1.82) is 0 Å². The molecule has 0 heterocycles. The van der Waals surface area contributed by atoms with Gasteiger partial charge in [0.25, 0.3) is 0 Å². The summed E-state index contributed by atoms with van der Waals surface area (Å²) in [4.78, 5) is 12.0. The van der Waals surface area contributed by atoms with Gasteiger partial charge in [-0.15, -0.1) is 0 Å². The maximum atomic E-state index is 12.0. The monoisotopic (exact) mass is 354 g/mol. The van der Waals surface area contributed by atoms with Gasteiger partial charge in [-0.3, -0.25) is 0 Å². The number of benzene rings is 2. The summed E-state index contributed by atoms with van der Waals surface area (Å²) in [6.45, 7) is 4.36. The van der Waals surface area contributed by atoms with Crippen molar-refractivity contribution >= 4 is 11.5 Å². The minimum absolute atomic E-state index is 0.293. The Hall–Kier alpha value is -3.21. The van der Waals surface area contributed by atoms with Crippen LogP contribution in [0.3, 0.4) is 0 Å². The van der Waals surface area contributed by atoms with E-state index >= 15 is 0 Å². The standard InChI is InChI=1S/C21H22O5/c1-4-13-25-17-9-11-18(12-10-17)26-14-16-7-5-6-8-19(16)20(15-23-2)21(22)24-3/h4-12,15H,1,13-14H2,2-3H3/b20-15+. The molecule has 5 heteroatoms. The predicted octanol–water partition coefficient (Wildman–Crippen LogP) is 3.99. The first-order valence-electron chi connectivity index (χ1n) is 8.05. The van der Waals surface area contributed by atoms with E-state index in [1.165, 1.54) is 20.5 Å². The second-order valence-corrected chi connectivity index (χ2v) is 5.28. The summed E-state index contributed by atoms with van der Waals surface area (Å²) >= 11 is 0. The Morgan fingerprint density at radius 2 is 1.65 bits per heavy atom. The van der Waals surface area contributed by atoms with E-state index in [1.807, 2.05) is 48.5 Å². The largest absolute Gasteiger partial charge is 0.503 e. The molecule has 0 aliphatic rings. The number of carbonyl (C=O) groups excluding carboxylic acids is 1. The van der Waals surface area contributed by atoms with Gasteiger partial charge in [-0.2, -0.15) is 0 Å². The van der Waals surface area contributed by atoms with Gasteiger partial charge in [-0.05, 0) is 35.4 Å². The Bertz CT molecular complexity index is 762. The van der Waals surface area contributed by atoms with Gasteiger partial charge in [0.05, 0.1) is 20.5 Å². The zero-order chi connectivity index (χ0) is 18.8. The maximum Gasteiger partial charge on any atom is 0.341 e. The van der Waals surface area contributed by atoms with Gasteiger partial charge < -0.3 is 18.9 Å². The summed E-state index contributed by atoms with van der Waals surface area (Å²) in [7, 11) is 2.82. The van der Waals surface area contributed by atoms with Crippen LogP contribution in [0.5, 0.6) is 11.5 Å². The van der Waals surface area contributed by atoms with Crippen LogP contribution in [0.25, 0.3) is 5.57 Å². The van der Waals surface area contributed by atoms with E-state index in [0.717, 1.165) is 11.3 Å². The van der Waals surface area contributed by atoms with Crippen LogP contribution >= 0.6 is 0 Å². The molecule has 0 radical (unpaired) electrons. The van der Waals surface area contributed by atoms with Gasteiger partial charge in [0, 0.05) is 0 Å². The Balaban J connectivity index is 2.14. The van der Waals surface area contributed by atoms with Crippen LogP contribution in [0.4, 0.5) is 0 Å². The van der Waals surface area contributed by atoms with Crippen molar-refractivity contribution in [3.05, 3.63) is 78.6 Å². The fourth-order valence-corrected chi connectivity index (χ4v) is 2.31. The highest BCUT2D eigenvalue weighted by Gasteiger charge is 2.16. The first kappa shape index (κ1) is 19.1. The number of hydrogen-bond donors (Lipinski definition) is 0. The number of rotatable bonds is 9. The lowest BCUT2D eigenvalue weighted by Crippen LogP contribution is -2.08. The van der Waals surface area contributed by atoms with Gasteiger partial charge in [-0.1, -0.05) is 36.9 Å². The van der Waals surface area contributed by atoms with Crippen molar-refractivity contribution in [2.75, 3.05) is 20.8 Å². The van der Waals surface area contributed by atoms with Crippen molar-refractivity contribution in [1.82, 2.24) is 0 Å². The summed E-state index contributed by atoms with van der Waals surface area (Å²) in [5.74, 6) is 0.970. The average molecular weight is 354 g/mol. The second kappa shape index (κ2) is 9.93. The Morgan fingerprint density at radius 1 is 1.00 bits per heavy atom. The molecule has 0 fully saturated rings. The molecule has 0 saturated heterocycles. The molecule has 0 atom stereocenters. The third-order valence-electron chi connectivity index (χ3n) is 3.53. The van der Waals surface area contributed by atoms with E-state index in [9.17, 15) is 4.79 Å². The van der Waals surface area contributed by atoms with E-state index in [2.05, 4.69) is 6.58 Å². The van der Waals surface area contributed by atoms with Crippen LogP contribution in [0, 0.1) is 0 Å². The molecule has 0 aromatic heterocycles. The number of methoxy groups -OCH3 is 2. The molecular formula is C21H22O5. The lowest BCUT2D eigenvalue weighted by Gasteiger charge is -2.13. The van der Waals surface area contributed by atoms with Crippen LogP contribution < -0.4 is 9.47 Å². The third kappa shape index (κ3) is 5.14. The molecule has 26 heavy (non-hydrogen) atoms. The minimum atomic E-state index is -0.469. The first-order valence-corrected chi connectivity index (χ1v) is 8.05. The minimum Gasteiger partial charge on any atom is -0.503 e. The van der Waals surface area contributed by atoms with Crippen molar-refractivity contribution in [3.8, 4) is 11.5 Å². The van der Waals surface area contributed by atoms with E-state index in [-0.39, 0.29) is 0 Å². The Labute approximate surface area is 153 Å². The SMILES string of the molecule is C=CCOc1ccc(OCc2ccccc2/C(=C\OC)C(=O)OC)cc1. The molecule has 0 aliphatic carbocycles. The molecule has 0 aliphatic heterocycles. The summed E-state index contributed by atoms with van der Waals surface area (Å²) in [6, 6.07) is 14.8. The van der Waals surface area contributed by atoms with Crippen molar-refractivity contribution in [2.45, 2.75) is 6.61 Å². The molecule has 0 spiro atoms. The molecule has 2 rings (SSSR count). The quantitative estimate of drug-likeness (QED) is 0.295. The smallest absolute Gasteiger partial charge is 0.341 e. The summed E-state index contributed by atoms with van der Waals surface area (Å²) in [6.07, 6.45) is 3.06. The third-order valence-corrected chi connectivity index (χ3v) is 3.53. The van der Waals surface area contributed by atoms with E-state index in [4.69, 9.17) is 18.9 Å². The van der Waals surface area contributed by atoms with Crippen molar-refractivity contribution in [2.24, 2.45) is 0 Å². The molecule has 0 amide bonds. The Kier molecular flexibility index (Phi) is 7.31. The van der Waals surface area contributed by atoms with Gasteiger partial charge in [0.15, 0.2) is 0 Å². The Morgan fingerprint density at radius 3 is 2.27 bits per heavy atom. The zero-order valence-corrected chi connectivity index (χ0v) is 14.9. The second-order valence-electron chi connectivity index (χ2n) is 5.28. The summed E-state index contributed by atoms with van der Waals surface area (Å²) < 4.78 is 21.1. The topological polar surface area (TPSA) is 54.0 Å². The maximum absolute atomic E-state index is 12.0. The van der Waals surface area contributed by atoms with Gasteiger partial charge in [0.2, 0.25) is 0 Å². The van der Waals surface area contributed by atoms with Crippen LogP contribution in [0.2, 0.25) is 0 Å². The molecule has 5 nitrogen and oxygen atoms in total. The first-order chi connectivity index (χ1) is 12.7. The summed E-state index contributed by atoms with van der Waals surface area (Å²) in [5.41, 5.74) is 1.88. The van der Waals surface area contributed by atoms with E-state index in [0.29, 0.717) is 30.1 Å². The fraction of sp³-hybridized carbons (Fsp3) is 0.190. The number of ether oxygens (including phenoxy) is 4. The number of hydrogen-bond acceptors (Lipinski definition) is 5. The molecular weight excluding hydrogens is 332 g/mol. The lowest BCUT2D eigenvalue weighted by atomic mass is 10.0. The molecule has 0 saturated carbocycles. The van der Waals surface area contributed by atoms with E-state index in [1.54, 1.807) is 6.08 Å². The van der Waals surface area contributed by atoms with Crippen molar-refractivity contribution < 1.29 is 23.7 Å². The molecule has 136 valence electrons. The highest BCUT2D eigenvalue weighted by atomic mass is 16.5. The predicted molar refractivity (Wildman–Crippen MR) is 99.9 cm³/mol. The van der Waals surface area contributed by atoms with Gasteiger partial charge >= 0.3 is 5.97 Å². The zero-order valence-electron chi connectivity index (χ0n) is 14.9. The fourth-order valence-electron chi connectivity index (χ4n) is 2.31. The highest BCUT2D eigenvalue weighted by Crippen LogP contribution is 2.23. The molecule has 2 aromatic rings. The van der Waals surface area contributed by atoms with Gasteiger partial charge in [-0.25, -0.2) is 4.79 Å². The molecule has 0 unspecified atom stereocenters. The lowest BCUT2D eigenvalue weighted by molar-refractivity contribution is -0.133. The normalized spacial score (nSPS) is 10.8. The van der Waals surface area contributed by atoms with Crippen LogP contribution in [-0.4, -0.2) is 26.8 Å². The van der Waals surface area contributed by atoms with Crippen LogP contribution in [0.1, 0.15) is 11.1 Å². The summed E-state index contributed by atoms with van der Waals surface area (Å²) in [5, 5.41) is 0. The van der Waals surface area contributed by atoms with Crippen molar-refractivity contribution in [3.63, 3.8) is 0 Å².